The van der Waals surface area contributed by atoms with Gasteiger partial charge in [0, 0.05) is 12.1 Å². The van der Waals surface area contributed by atoms with Gasteiger partial charge in [0.25, 0.3) is 0 Å². The second kappa shape index (κ2) is 4.65. The standard InChI is InChI=1S/C13H14N2O2S/c16-13(17)10-1-4-15-11(7-10)8-14-12(15)9-2-5-18-6-3-9/h1,4,7-9H,2-3,5-6H2,(H,16,17). The van der Waals surface area contributed by atoms with Gasteiger partial charge in [0.15, 0.2) is 0 Å². The molecule has 0 unspecified atom stereocenters. The largest absolute Gasteiger partial charge is 0.478 e. The van der Waals surface area contributed by atoms with Crippen LogP contribution in [0.25, 0.3) is 5.52 Å². The van der Waals surface area contributed by atoms with E-state index in [1.54, 1.807) is 18.3 Å². The van der Waals surface area contributed by atoms with Crippen LogP contribution in [0.5, 0.6) is 0 Å². The quantitative estimate of drug-likeness (QED) is 0.904. The zero-order valence-electron chi connectivity index (χ0n) is 9.87. The second-order valence-corrected chi connectivity index (χ2v) is 5.74. The summed E-state index contributed by atoms with van der Waals surface area (Å²) in [6, 6.07) is 3.31. The summed E-state index contributed by atoms with van der Waals surface area (Å²) in [5.41, 5.74) is 1.18. The maximum atomic E-state index is 10.9. The lowest BCUT2D eigenvalue weighted by Gasteiger charge is -2.20. The third-order valence-corrected chi connectivity index (χ3v) is 4.44. The van der Waals surface area contributed by atoms with E-state index in [1.165, 1.54) is 11.5 Å². The average molecular weight is 262 g/mol. The number of hydrogen-bond donors (Lipinski definition) is 1. The van der Waals surface area contributed by atoms with Crippen molar-refractivity contribution in [3.8, 4) is 0 Å². The molecule has 1 fully saturated rings. The van der Waals surface area contributed by atoms with Gasteiger partial charge in [-0.3, -0.25) is 0 Å². The number of thioether (sulfide) groups is 1. The first-order chi connectivity index (χ1) is 8.75. The predicted octanol–water partition coefficient (Wildman–Crippen LogP) is 2.64. The van der Waals surface area contributed by atoms with Crippen LogP contribution in [0.4, 0.5) is 0 Å². The predicted molar refractivity (Wildman–Crippen MR) is 71.5 cm³/mol. The summed E-state index contributed by atoms with van der Waals surface area (Å²) < 4.78 is 2.02. The normalized spacial score (nSPS) is 17.1. The Labute approximate surface area is 109 Å². The van der Waals surface area contributed by atoms with Crippen molar-refractivity contribution in [1.82, 2.24) is 9.38 Å². The summed E-state index contributed by atoms with van der Waals surface area (Å²) >= 11 is 1.99. The number of rotatable bonds is 2. The van der Waals surface area contributed by atoms with Crippen molar-refractivity contribution in [3.05, 3.63) is 35.9 Å². The third-order valence-electron chi connectivity index (χ3n) is 3.39. The van der Waals surface area contributed by atoms with Crippen molar-refractivity contribution < 1.29 is 9.90 Å². The summed E-state index contributed by atoms with van der Waals surface area (Å²) in [5, 5.41) is 8.97. The van der Waals surface area contributed by atoms with Crippen molar-refractivity contribution in [2.75, 3.05) is 11.5 Å². The Balaban J connectivity index is 2.01. The van der Waals surface area contributed by atoms with Crippen LogP contribution in [0.2, 0.25) is 0 Å². The van der Waals surface area contributed by atoms with Crippen LogP contribution in [-0.4, -0.2) is 32.0 Å². The van der Waals surface area contributed by atoms with Crippen LogP contribution >= 0.6 is 11.8 Å². The zero-order valence-corrected chi connectivity index (χ0v) is 10.7. The molecule has 0 amide bonds. The fourth-order valence-electron chi connectivity index (χ4n) is 2.41. The molecule has 5 heteroatoms. The van der Waals surface area contributed by atoms with Crippen molar-refractivity contribution in [2.45, 2.75) is 18.8 Å². The van der Waals surface area contributed by atoms with Gasteiger partial charge in [-0.25, -0.2) is 9.78 Å². The van der Waals surface area contributed by atoms with E-state index in [4.69, 9.17) is 5.11 Å². The van der Waals surface area contributed by atoms with E-state index in [-0.39, 0.29) is 0 Å². The second-order valence-electron chi connectivity index (χ2n) is 4.52. The van der Waals surface area contributed by atoms with Crippen molar-refractivity contribution in [3.63, 3.8) is 0 Å². The monoisotopic (exact) mass is 262 g/mol. The summed E-state index contributed by atoms with van der Waals surface area (Å²) in [6.45, 7) is 0. The molecule has 0 atom stereocenters. The molecule has 0 aromatic carbocycles. The minimum Gasteiger partial charge on any atom is -0.478 e. The molecule has 1 aliphatic rings. The first kappa shape index (κ1) is 11.6. The lowest BCUT2D eigenvalue weighted by molar-refractivity contribution is 0.0697. The number of carboxylic acid groups (broad SMARTS) is 1. The Kier molecular flexibility index (Phi) is 2.99. The minimum absolute atomic E-state index is 0.313. The lowest BCUT2D eigenvalue weighted by atomic mass is 10.0. The molecular formula is C13H14N2O2S. The number of carbonyl (C=O) groups is 1. The third kappa shape index (κ3) is 1.99. The maximum Gasteiger partial charge on any atom is 0.335 e. The fourth-order valence-corrected chi connectivity index (χ4v) is 3.52. The molecule has 1 aliphatic heterocycles. The van der Waals surface area contributed by atoms with Gasteiger partial charge in [0.1, 0.15) is 5.82 Å². The molecule has 18 heavy (non-hydrogen) atoms. The first-order valence-corrected chi connectivity index (χ1v) is 7.19. The molecule has 3 rings (SSSR count). The summed E-state index contributed by atoms with van der Waals surface area (Å²) in [4.78, 5) is 15.4. The van der Waals surface area contributed by atoms with Crippen molar-refractivity contribution in [2.24, 2.45) is 0 Å². The van der Waals surface area contributed by atoms with Crippen LogP contribution in [0, 0.1) is 0 Å². The van der Waals surface area contributed by atoms with Crippen LogP contribution < -0.4 is 0 Å². The highest BCUT2D eigenvalue weighted by Crippen LogP contribution is 2.31. The minimum atomic E-state index is -0.894. The number of imidazole rings is 1. The fraction of sp³-hybridized carbons (Fsp3) is 0.385. The van der Waals surface area contributed by atoms with Gasteiger partial charge >= 0.3 is 5.97 Å². The topological polar surface area (TPSA) is 54.6 Å². The van der Waals surface area contributed by atoms with Crippen LogP contribution in [0.3, 0.4) is 0 Å². The molecule has 2 aromatic rings. The van der Waals surface area contributed by atoms with Crippen LogP contribution in [-0.2, 0) is 0 Å². The van der Waals surface area contributed by atoms with Gasteiger partial charge < -0.3 is 9.51 Å². The zero-order chi connectivity index (χ0) is 12.5. The van der Waals surface area contributed by atoms with E-state index >= 15 is 0 Å². The van der Waals surface area contributed by atoms with Gasteiger partial charge in [-0.1, -0.05) is 0 Å². The van der Waals surface area contributed by atoms with Crippen molar-refractivity contribution >= 4 is 23.2 Å². The van der Waals surface area contributed by atoms with Gasteiger partial charge in [-0.15, -0.1) is 0 Å². The summed E-state index contributed by atoms with van der Waals surface area (Å²) in [7, 11) is 0. The smallest absolute Gasteiger partial charge is 0.335 e. The van der Waals surface area contributed by atoms with E-state index in [1.807, 2.05) is 22.4 Å². The molecule has 94 valence electrons. The van der Waals surface area contributed by atoms with Crippen molar-refractivity contribution in [1.29, 1.82) is 0 Å². The molecule has 0 aliphatic carbocycles. The lowest BCUT2D eigenvalue weighted by Crippen LogP contribution is -2.11. The van der Waals surface area contributed by atoms with E-state index in [9.17, 15) is 4.79 Å². The molecule has 1 saturated heterocycles. The van der Waals surface area contributed by atoms with Crippen LogP contribution in [0.1, 0.15) is 34.9 Å². The van der Waals surface area contributed by atoms with Gasteiger partial charge in [0.2, 0.25) is 0 Å². The van der Waals surface area contributed by atoms with E-state index in [0.29, 0.717) is 11.5 Å². The molecule has 0 bridgehead atoms. The van der Waals surface area contributed by atoms with Crippen LogP contribution in [0.15, 0.2) is 24.5 Å². The number of pyridine rings is 1. The highest BCUT2D eigenvalue weighted by atomic mass is 32.2. The molecule has 0 radical (unpaired) electrons. The Bertz CT molecular complexity index is 588. The Hall–Kier alpha value is -1.49. The number of fused-ring (bicyclic) bond motifs is 1. The molecule has 0 spiro atoms. The maximum absolute atomic E-state index is 10.9. The summed E-state index contributed by atoms with van der Waals surface area (Å²) in [5.74, 6) is 3.06. The highest BCUT2D eigenvalue weighted by Gasteiger charge is 2.20. The number of carboxylic acids is 1. The number of hydrogen-bond acceptors (Lipinski definition) is 3. The Morgan fingerprint density at radius 1 is 1.44 bits per heavy atom. The molecule has 3 heterocycles. The number of nitrogens with zero attached hydrogens (tertiary/aromatic N) is 2. The van der Waals surface area contributed by atoms with Gasteiger partial charge in [-0.05, 0) is 36.5 Å². The Morgan fingerprint density at radius 2 is 2.22 bits per heavy atom. The molecule has 1 N–H and O–H groups in total. The average Bonchev–Trinajstić information content (AvgIpc) is 2.82. The van der Waals surface area contributed by atoms with E-state index < -0.39 is 5.97 Å². The van der Waals surface area contributed by atoms with E-state index in [0.717, 1.165) is 24.2 Å². The Morgan fingerprint density at radius 3 is 2.94 bits per heavy atom. The molecule has 4 nitrogen and oxygen atoms in total. The first-order valence-electron chi connectivity index (χ1n) is 6.04. The number of aromatic nitrogens is 2. The molecule has 2 aromatic heterocycles. The summed E-state index contributed by atoms with van der Waals surface area (Å²) in [6.07, 6.45) is 5.90. The van der Waals surface area contributed by atoms with Gasteiger partial charge in [0.05, 0.1) is 17.3 Å². The number of aromatic carboxylic acids is 1. The SMILES string of the molecule is O=C(O)c1ccn2c(C3CCSCC3)ncc2c1. The highest BCUT2D eigenvalue weighted by molar-refractivity contribution is 7.99. The van der Waals surface area contributed by atoms with E-state index in [2.05, 4.69) is 4.98 Å². The molecular weight excluding hydrogens is 248 g/mol. The molecule has 0 saturated carbocycles. The van der Waals surface area contributed by atoms with Gasteiger partial charge in [-0.2, -0.15) is 11.8 Å².